The van der Waals surface area contributed by atoms with Crippen LogP contribution in [0, 0.1) is 6.92 Å². The van der Waals surface area contributed by atoms with Crippen molar-refractivity contribution in [2.75, 3.05) is 25.6 Å². The van der Waals surface area contributed by atoms with Crippen LogP contribution >= 0.6 is 11.6 Å². The molecule has 0 aromatic heterocycles. The highest BCUT2D eigenvalue weighted by Crippen LogP contribution is 2.33. The Hall–Kier alpha value is -1.46. The second kappa shape index (κ2) is 6.97. The number of anilines is 1. The van der Waals surface area contributed by atoms with E-state index in [1.165, 1.54) is 6.42 Å². The third-order valence-electron chi connectivity index (χ3n) is 4.72. The molecule has 2 atom stereocenters. The number of nitrogens with one attached hydrogen (secondary N) is 1. The predicted octanol–water partition coefficient (Wildman–Crippen LogP) is 3.83. The highest BCUT2D eigenvalue weighted by molar-refractivity contribution is 6.31. The lowest BCUT2D eigenvalue weighted by molar-refractivity contribution is -0.0694. The molecule has 0 spiro atoms. The van der Waals surface area contributed by atoms with E-state index in [0.29, 0.717) is 29.6 Å². The zero-order valence-electron chi connectivity index (χ0n) is 13.6. The quantitative estimate of drug-likeness (QED) is 0.891. The fourth-order valence-corrected chi connectivity index (χ4v) is 3.62. The minimum Gasteiger partial charge on any atom is -0.495 e. The predicted molar refractivity (Wildman–Crippen MR) is 90.5 cm³/mol. The first kappa shape index (κ1) is 16.4. The molecule has 0 radical (unpaired) electrons. The number of fused-ring (bicyclic) bond motifs is 1. The van der Waals surface area contributed by atoms with E-state index < -0.39 is 0 Å². The van der Waals surface area contributed by atoms with Gasteiger partial charge < -0.3 is 19.7 Å². The van der Waals surface area contributed by atoms with Gasteiger partial charge in [0, 0.05) is 17.6 Å². The summed E-state index contributed by atoms with van der Waals surface area (Å²) in [6.07, 6.45) is 4.56. The molecule has 126 valence electrons. The summed E-state index contributed by atoms with van der Waals surface area (Å²) < 4.78 is 11.2. The molecule has 5 nitrogen and oxygen atoms in total. The van der Waals surface area contributed by atoms with E-state index in [2.05, 4.69) is 5.32 Å². The van der Waals surface area contributed by atoms with E-state index in [1.54, 1.807) is 13.2 Å². The maximum absolute atomic E-state index is 12.8. The van der Waals surface area contributed by atoms with Crippen LogP contribution in [0.2, 0.25) is 5.02 Å². The minimum absolute atomic E-state index is 0.0924. The summed E-state index contributed by atoms with van der Waals surface area (Å²) in [5.74, 6) is 0.572. The van der Waals surface area contributed by atoms with E-state index >= 15 is 0 Å². The Morgan fingerprint density at radius 1 is 1.39 bits per heavy atom. The lowest BCUT2D eigenvalue weighted by atomic mass is 9.90. The first-order valence-corrected chi connectivity index (χ1v) is 8.51. The molecule has 3 rings (SSSR count). The van der Waals surface area contributed by atoms with Gasteiger partial charge in [-0.1, -0.05) is 24.4 Å². The van der Waals surface area contributed by atoms with Crippen LogP contribution in [0.15, 0.2) is 12.1 Å². The summed E-state index contributed by atoms with van der Waals surface area (Å²) in [7, 11) is 1.57. The summed E-state index contributed by atoms with van der Waals surface area (Å²) >= 11 is 6.12. The Kier molecular flexibility index (Phi) is 4.97. The third kappa shape index (κ3) is 3.40. The number of amides is 2. The molecule has 1 aromatic carbocycles. The number of morpholine rings is 1. The highest BCUT2D eigenvalue weighted by atomic mass is 35.5. The maximum atomic E-state index is 12.8. The van der Waals surface area contributed by atoms with Crippen molar-refractivity contribution in [2.24, 2.45) is 0 Å². The second-order valence-electron chi connectivity index (χ2n) is 6.19. The zero-order chi connectivity index (χ0) is 16.4. The molecule has 2 fully saturated rings. The van der Waals surface area contributed by atoms with Crippen LogP contribution < -0.4 is 10.1 Å². The van der Waals surface area contributed by atoms with Crippen molar-refractivity contribution in [1.82, 2.24) is 4.90 Å². The molecule has 6 heteroatoms. The van der Waals surface area contributed by atoms with Crippen molar-refractivity contribution in [1.29, 1.82) is 0 Å². The van der Waals surface area contributed by atoms with Gasteiger partial charge in [0.2, 0.25) is 0 Å². The Balaban J connectivity index is 1.77. The number of urea groups is 1. The second-order valence-corrected chi connectivity index (χ2v) is 6.59. The van der Waals surface area contributed by atoms with E-state index in [4.69, 9.17) is 21.1 Å². The zero-order valence-corrected chi connectivity index (χ0v) is 14.4. The number of nitrogens with zero attached hydrogens (tertiary/aromatic N) is 1. The number of hydrogen-bond acceptors (Lipinski definition) is 3. The topological polar surface area (TPSA) is 50.8 Å². The van der Waals surface area contributed by atoms with Crippen LogP contribution in [0.5, 0.6) is 5.75 Å². The van der Waals surface area contributed by atoms with Crippen LogP contribution in [0.25, 0.3) is 0 Å². The molecule has 1 aromatic rings. The smallest absolute Gasteiger partial charge is 0.322 e. The largest absolute Gasteiger partial charge is 0.495 e. The Morgan fingerprint density at radius 3 is 2.96 bits per heavy atom. The van der Waals surface area contributed by atoms with Gasteiger partial charge in [-0.2, -0.15) is 0 Å². The molecule has 1 aliphatic carbocycles. The number of ether oxygens (including phenoxy) is 2. The van der Waals surface area contributed by atoms with Gasteiger partial charge in [-0.15, -0.1) is 0 Å². The molecule has 2 amide bonds. The maximum Gasteiger partial charge on any atom is 0.322 e. The monoisotopic (exact) mass is 338 g/mol. The number of rotatable bonds is 2. The SMILES string of the molecule is COc1cc(Cl)c(C)cc1NC(=O)N1CCO[C@H]2CCCC[C@H]21. The molecule has 0 unspecified atom stereocenters. The lowest BCUT2D eigenvalue weighted by Crippen LogP contribution is -2.56. The van der Waals surface area contributed by atoms with Crippen LogP contribution in [0.3, 0.4) is 0 Å². The van der Waals surface area contributed by atoms with Crippen LogP contribution in [0.4, 0.5) is 10.5 Å². The van der Waals surface area contributed by atoms with Gasteiger partial charge >= 0.3 is 6.03 Å². The van der Waals surface area contributed by atoms with Crippen molar-refractivity contribution < 1.29 is 14.3 Å². The molecule has 23 heavy (non-hydrogen) atoms. The minimum atomic E-state index is -0.0924. The van der Waals surface area contributed by atoms with Gasteiger partial charge in [-0.05, 0) is 31.4 Å². The van der Waals surface area contributed by atoms with Crippen molar-refractivity contribution in [3.8, 4) is 5.75 Å². The van der Waals surface area contributed by atoms with Gasteiger partial charge in [-0.3, -0.25) is 0 Å². The number of methoxy groups -OCH3 is 1. The summed E-state index contributed by atoms with van der Waals surface area (Å²) in [6.45, 7) is 3.14. The molecule has 1 heterocycles. The summed E-state index contributed by atoms with van der Waals surface area (Å²) in [5.41, 5.74) is 1.55. The number of aryl methyl sites for hydroxylation is 1. The number of halogens is 1. The molecule has 0 bridgehead atoms. The van der Waals surface area contributed by atoms with Gasteiger partial charge in [0.15, 0.2) is 0 Å². The molecule has 1 N–H and O–H groups in total. The molecule has 1 saturated heterocycles. The van der Waals surface area contributed by atoms with Crippen molar-refractivity contribution >= 4 is 23.3 Å². The summed E-state index contributed by atoms with van der Waals surface area (Å²) in [4.78, 5) is 14.7. The molecular formula is C17H23ClN2O3. The summed E-state index contributed by atoms with van der Waals surface area (Å²) in [6, 6.07) is 3.66. The van der Waals surface area contributed by atoms with Gasteiger partial charge in [0.05, 0.1) is 31.5 Å². The molecule has 1 saturated carbocycles. The normalized spacial score (nSPS) is 24.0. The Morgan fingerprint density at radius 2 is 2.17 bits per heavy atom. The summed E-state index contributed by atoms with van der Waals surface area (Å²) in [5, 5.41) is 3.60. The number of carbonyl (C=O) groups excluding carboxylic acids is 1. The molecule has 2 aliphatic rings. The van der Waals surface area contributed by atoms with Crippen LogP contribution in [-0.2, 0) is 4.74 Å². The molecule has 1 aliphatic heterocycles. The highest BCUT2D eigenvalue weighted by Gasteiger charge is 2.36. The third-order valence-corrected chi connectivity index (χ3v) is 5.12. The first-order chi connectivity index (χ1) is 11.1. The average molecular weight is 339 g/mol. The fourth-order valence-electron chi connectivity index (χ4n) is 3.47. The van der Waals surface area contributed by atoms with Crippen molar-refractivity contribution in [2.45, 2.75) is 44.8 Å². The van der Waals surface area contributed by atoms with Crippen molar-refractivity contribution in [3.63, 3.8) is 0 Å². The first-order valence-electron chi connectivity index (χ1n) is 8.13. The fraction of sp³-hybridized carbons (Fsp3) is 0.588. The van der Waals surface area contributed by atoms with E-state index in [1.807, 2.05) is 17.9 Å². The van der Waals surface area contributed by atoms with E-state index in [-0.39, 0.29) is 18.2 Å². The number of carbonyl (C=O) groups is 1. The number of hydrogen-bond donors (Lipinski definition) is 1. The Labute approximate surface area is 141 Å². The van der Waals surface area contributed by atoms with E-state index in [0.717, 1.165) is 24.8 Å². The van der Waals surface area contributed by atoms with Crippen LogP contribution in [0.1, 0.15) is 31.2 Å². The molecular weight excluding hydrogens is 316 g/mol. The lowest BCUT2D eigenvalue weighted by Gasteiger charge is -2.43. The Bertz CT molecular complexity index is 591. The average Bonchev–Trinajstić information content (AvgIpc) is 2.57. The van der Waals surface area contributed by atoms with Crippen LogP contribution in [-0.4, -0.2) is 43.3 Å². The van der Waals surface area contributed by atoms with Crippen molar-refractivity contribution in [3.05, 3.63) is 22.7 Å². The van der Waals surface area contributed by atoms with E-state index in [9.17, 15) is 4.79 Å². The number of benzene rings is 1. The van der Waals surface area contributed by atoms with Gasteiger partial charge in [0.25, 0.3) is 0 Å². The van der Waals surface area contributed by atoms with Gasteiger partial charge in [-0.25, -0.2) is 4.79 Å². The standard InChI is InChI=1S/C17H23ClN2O3/c1-11-9-13(16(22-2)10-12(11)18)19-17(21)20-7-8-23-15-6-4-3-5-14(15)20/h9-10,14-15H,3-8H2,1-2H3,(H,19,21)/t14-,15+/m1/s1. The van der Waals surface area contributed by atoms with Gasteiger partial charge in [0.1, 0.15) is 5.75 Å².